The SMILES string of the molecule is Cc1nc2c(c(C)c1O)C(=Cc1ccc3ccccc3n1)C(=O)N2. The van der Waals surface area contributed by atoms with Gasteiger partial charge in [0.1, 0.15) is 11.6 Å². The van der Waals surface area contributed by atoms with Crippen molar-refractivity contribution < 1.29 is 9.90 Å². The average molecular weight is 317 g/mol. The number of nitrogens with one attached hydrogen (secondary N) is 1. The monoisotopic (exact) mass is 317 g/mol. The van der Waals surface area contributed by atoms with E-state index >= 15 is 0 Å². The summed E-state index contributed by atoms with van der Waals surface area (Å²) in [5.41, 5.74) is 3.80. The molecule has 0 aliphatic carbocycles. The van der Waals surface area contributed by atoms with Crippen LogP contribution in [0.1, 0.15) is 22.5 Å². The molecule has 3 aromatic rings. The predicted octanol–water partition coefficient (Wildman–Crippen LogP) is 3.44. The Morgan fingerprint density at radius 3 is 2.71 bits per heavy atom. The molecule has 0 fully saturated rings. The fourth-order valence-corrected chi connectivity index (χ4v) is 3.00. The number of aryl methyl sites for hydroxylation is 1. The number of aromatic nitrogens is 2. The van der Waals surface area contributed by atoms with Gasteiger partial charge in [-0.05, 0) is 32.1 Å². The number of para-hydroxylation sites is 1. The molecule has 1 aliphatic rings. The highest BCUT2D eigenvalue weighted by molar-refractivity contribution is 6.34. The summed E-state index contributed by atoms with van der Waals surface area (Å²) in [6.45, 7) is 3.49. The number of pyridine rings is 2. The first-order chi connectivity index (χ1) is 11.5. The summed E-state index contributed by atoms with van der Waals surface area (Å²) >= 11 is 0. The van der Waals surface area contributed by atoms with Crippen molar-refractivity contribution in [3.63, 3.8) is 0 Å². The Labute approximate surface area is 138 Å². The highest BCUT2D eigenvalue weighted by atomic mass is 16.3. The summed E-state index contributed by atoms with van der Waals surface area (Å²) in [5, 5.41) is 13.9. The lowest BCUT2D eigenvalue weighted by Crippen LogP contribution is -2.04. The number of anilines is 1. The summed E-state index contributed by atoms with van der Waals surface area (Å²) < 4.78 is 0. The van der Waals surface area contributed by atoms with Gasteiger partial charge in [-0.3, -0.25) is 4.79 Å². The molecule has 0 atom stereocenters. The maximum absolute atomic E-state index is 12.3. The van der Waals surface area contributed by atoms with Crippen LogP contribution in [0.25, 0.3) is 22.6 Å². The molecule has 24 heavy (non-hydrogen) atoms. The van der Waals surface area contributed by atoms with E-state index in [2.05, 4.69) is 15.3 Å². The highest BCUT2D eigenvalue weighted by Crippen LogP contribution is 2.38. The third-order valence-electron chi connectivity index (χ3n) is 4.25. The van der Waals surface area contributed by atoms with Crippen LogP contribution >= 0.6 is 0 Å². The Morgan fingerprint density at radius 1 is 1.08 bits per heavy atom. The van der Waals surface area contributed by atoms with Crippen molar-refractivity contribution in [3.8, 4) is 5.75 Å². The first kappa shape index (κ1) is 14.4. The zero-order chi connectivity index (χ0) is 16.8. The van der Waals surface area contributed by atoms with E-state index in [1.807, 2.05) is 36.4 Å². The fraction of sp³-hybridized carbons (Fsp3) is 0.105. The van der Waals surface area contributed by atoms with Gasteiger partial charge in [0, 0.05) is 16.5 Å². The Kier molecular flexibility index (Phi) is 3.09. The highest BCUT2D eigenvalue weighted by Gasteiger charge is 2.29. The Balaban J connectivity index is 1.89. The van der Waals surface area contributed by atoms with Crippen molar-refractivity contribution in [2.45, 2.75) is 13.8 Å². The van der Waals surface area contributed by atoms with Crippen LogP contribution in [0, 0.1) is 13.8 Å². The van der Waals surface area contributed by atoms with Crippen LogP contribution in [0.15, 0.2) is 36.4 Å². The molecular weight excluding hydrogens is 302 g/mol. The van der Waals surface area contributed by atoms with Crippen molar-refractivity contribution in [2.75, 3.05) is 5.32 Å². The minimum atomic E-state index is -0.236. The largest absolute Gasteiger partial charge is 0.506 e. The second kappa shape index (κ2) is 5.16. The number of aromatic hydroxyl groups is 1. The molecular formula is C19H15N3O2. The second-order valence-electron chi connectivity index (χ2n) is 5.84. The molecule has 1 aliphatic heterocycles. The number of benzene rings is 1. The van der Waals surface area contributed by atoms with Gasteiger partial charge in [0.25, 0.3) is 5.91 Å². The third-order valence-corrected chi connectivity index (χ3v) is 4.25. The first-order valence-corrected chi connectivity index (χ1v) is 7.64. The third kappa shape index (κ3) is 2.13. The smallest absolute Gasteiger partial charge is 0.257 e. The minimum absolute atomic E-state index is 0.114. The Morgan fingerprint density at radius 2 is 1.88 bits per heavy atom. The topological polar surface area (TPSA) is 75.1 Å². The maximum atomic E-state index is 12.3. The molecule has 0 spiro atoms. The van der Waals surface area contributed by atoms with Gasteiger partial charge >= 0.3 is 0 Å². The van der Waals surface area contributed by atoms with Gasteiger partial charge in [0.2, 0.25) is 0 Å². The average Bonchev–Trinajstić information content (AvgIpc) is 2.88. The normalized spacial score (nSPS) is 14.9. The van der Waals surface area contributed by atoms with Crippen molar-refractivity contribution in [1.29, 1.82) is 0 Å². The van der Waals surface area contributed by atoms with Crippen LogP contribution in [-0.4, -0.2) is 21.0 Å². The molecule has 5 nitrogen and oxygen atoms in total. The number of carbonyl (C=O) groups excluding carboxylic acids is 1. The lowest BCUT2D eigenvalue weighted by molar-refractivity contribution is -0.110. The summed E-state index contributed by atoms with van der Waals surface area (Å²) in [6.07, 6.45) is 1.73. The van der Waals surface area contributed by atoms with Gasteiger partial charge in [0.05, 0.1) is 22.5 Å². The van der Waals surface area contributed by atoms with Crippen molar-refractivity contribution in [3.05, 3.63) is 58.9 Å². The van der Waals surface area contributed by atoms with Crippen LogP contribution in [0.3, 0.4) is 0 Å². The van der Waals surface area contributed by atoms with Crippen LogP contribution in [-0.2, 0) is 4.79 Å². The van der Waals surface area contributed by atoms with E-state index in [0.717, 1.165) is 10.9 Å². The van der Waals surface area contributed by atoms with Crippen molar-refractivity contribution in [1.82, 2.24) is 9.97 Å². The van der Waals surface area contributed by atoms with E-state index in [4.69, 9.17) is 0 Å². The quantitative estimate of drug-likeness (QED) is 0.674. The molecule has 1 amide bonds. The number of rotatable bonds is 1. The van der Waals surface area contributed by atoms with Gasteiger partial charge in [-0.1, -0.05) is 24.3 Å². The number of amides is 1. The second-order valence-corrected chi connectivity index (χ2v) is 5.84. The lowest BCUT2D eigenvalue weighted by Gasteiger charge is -2.08. The van der Waals surface area contributed by atoms with Crippen LogP contribution in [0.4, 0.5) is 5.82 Å². The molecule has 5 heteroatoms. The van der Waals surface area contributed by atoms with Gasteiger partial charge in [-0.25, -0.2) is 9.97 Å². The maximum Gasteiger partial charge on any atom is 0.257 e. The fourth-order valence-electron chi connectivity index (χ4n) is 3.00. The van der Waals surface area contributed by atoms with Crippen LogP contribution in [0.2, 0.25) is 0 Å². The molecule has 2 aromatic heterocycles. The van der Waals surface area contributed by atoms with Gasteiger partial charge in [0.15, 0.2) is 0 Å². The molecule has 4 rings (SSSR count). The molecule has 0 saturated heterocycles. The van der Waals surface area contributed by atoms with Crippen LogP contribution < -0.4 is 5.32 Å². The lowest BCUT2D eigenvalue weighted by atomic mass is 10.0. The predicted molar refractivity (Wildman–Crippen MR) is 93.6 cm³/mol. The molecule has 118 valence electrons. The van der Waals surface area contributed by atoms with Gasteiger partial charge in [-0.15, -0.1) is 0 Å². The molecule has 1 aromatic carbocycles. The van der Waals surface area contributed by atoms with E-state index < -0.39 is 0 Å². The molecule has 0 unspecified atom stereocenters. The molecule has 0 radical (unpaired) electrons. The van der Waals surface area contributed by atoms with E-state index in [1.54, 1.807) is 19.9 Å². The van der Waals surface area contributed by atoms with E-state index in [0.29, 0.717) is 33.9 Å². The number of hydrogen-bond donors (Lipinski definition) is 2. The summed E-state index contributed by atoms with van der Waals surface area (Å²) in [4.78, 5) is 21.2. The van der Waals surface area contributed by atoms with Gasteiger partial charge < -0.3 is 10.4 Å². The number of fused-ring (bicyclic) bond motifs is 2. The Bertz CT molecular complexity index is 1040. The molecule has 0 saturated carbocycles. The zero-order valence-electron chi connectivity index (χ0n) is 13.3. The number of hydrogen-bond acceptors (Lipinski definition) is 4. The number of nitrogens with zero attached hydrogens (tertiary/aromatic N) is 2. The molecule has 2 N–H and O–H groups in total. The van der Waals surface area contributed by atoms with Gasteiger partial charge in [-0.2, -0.15) is 0 Å². The van der Waals surface area contributed by atoms with E-state index in [1.165, 1.54) is 0 Å². The van der Waals surface area contributed by atoms with Crippen molar-refractivity contribution in [2.24, 2.45) is 0 Å². The minimum Gasteiger partial charge on any atom is -0.506 e. The van der Waals surface area contributed by atoms with Crippen molar-refractivity contribution >= 4 is 34.3 Å². The summed E-state index contributed by atoms with van der Waals surface area (Å²) in [6, 6.07) is 11.7. The summed E-state index contributed by atoms with van der Waals surface area (Å²) in [7, 11) is 0. The zero-order valence-corrected chi connectivity index (χ0v) is 13.3. The standard InChI is InChI=1S/C19H15N3O2/c1-10-16-14(19(24)22-18(16)20-11(2)17(10)23)9-13-8-7-12-5-3-4-6-15(12)21-13/h3-9,23H,1-2H3,(H,20,22,24). The summed E-state index contributed by atoms with van der Waals surface area (Å²) in [5.74, 6) is 0.364. The Hall–Kier alpha value is -3.21. The van der Waals surface area contributed by atoms with Crippen LogP contribution in [0.5, 0.6) is 5.75 Å². The molecule has 3 heterocycles. The molecule has 0 bridgehead atoms. The van der Waals surface area contributed by atoms with E-state index in [9.17, 15) is 9.90 Å². The van der Waals surface area contributed by atoms with E-state index in [-0.39, 0.29) is 11.7 Å². The first-order valence-electron chi connectivity index (χ1n) is 7.64. The number of carbonyl (C=O) groups is 1.